The van der Waals surface area contributed by atoms with Crippen molar-refractivity contribution in [3.63, 3.8) is 0 Å². The average Bonchev–Trinajstić information content (AvgIpc) is 2.94. The Balaban J connectivity index is 1.62. The van der Waals surface area contributed by atoms with Crippen LogP contribution in [0.1, 0.15) is 11.1 Å². The van der Waals surface area contributed by atoms with E-state index in [0.29, 0.717) is 17.1 Å². The van der Waals surface area contributed by atoms with Crippen molar-refractivity contribution in [2.45, 2.75) is 6.92 Å². The fraction of sp³-hybridized carbons (Fsp3) is 0.190. The van der Waals surface area contributed by atoms with E-state index in [4.69, 9.17) is 26.8 Å². The minimum Gasteiger partial charge on any atom is -0.492 e. The first-order valence-electron chi connectivity index (χ1n) is 8.99. The first-order chi connectivity index (χ1) is 14.3. The molecule has 9 heteroatoms. The Kier molecular flexibility index (Phi) is 7.02. The van der Waals surface area contributed by atoms with Crippen molar-refractivity contribution in [1.29, 1.82) is 0 Å². The number of hydrogen-bond donors (Lipinski definition) is 1. The number of thioether (sulfide) groups is 1. The number of amides is 3. The molecular weight excluding hydrogens is 428 g/mol. The van der Waals surface area contributed by atoms with Crippen molar-refractivity contribution in [2.24, 2.45) is 5.73 Å². The van der Waals surface area contributed by atoms with Crippen molar-refractivity contribution >= 4 is 46.5 Å². The van der Waals surface area contributed by atoms with Gasteiger partial charge in [0.15, 0.2) is 6.61 Å². The SMILES string of the molecule is Cc1cccc(OCCN2C(=O)S/C(=C\c3ccc(OCC(N)=O)c(Cl)c3)C2=O)c1. The second-order valence-corrected chi connectivity index (χ2v) is 7.84. The molecule has 3 rings (SSSR count). The highest BCUT2D eigenvalue weighted by Gasteiger charge is 2.34. The molecule has 0 atom stereocenters. The molecule has 30 heavy (non-hydrogen) atoms. The number of halogens is 1. The Morgan fingerprint density at radius 1 is 1.20 bits per heavy atom. The van der Waals surface area contributed by atoms with Gasteiger partial charge in [-0.15, -0.1) is 0 Å². The molecule has 1 aliphatic heterocycles. The zero-order valence-corrected chi connectivity index (χ0v) is 17.7. The maximum absolute atomic E-state index is 12.6. The molecule has 0 aromatic heterocycles. The summed E-state index contributed by atoms with van der Waals surface area (Å²) in [4.78, 5) is 37.1. The fourth-order valence-corrected chi connectivity index (χ4v) is 3.79. The summed E-state index contributed by atoms with van der Waals surface area (Å²) < 4.78 is 10.8. The van der Waals surface area contributed by atoms with Gasteiger partial charge in [0.25, 0.3) is 17.1 Å². The van der Waals surface area contributed by atoms with Gasteiger partial charge in [-0.3, -0.25) is 19.3 Å². The first kappa shape index (κ1) is 21.7. The predicted octanol–water partition coefficient (Wildman–Crippen LogP) is 3.63. The Morgan fingerprint density at radius 3 is 2.70 bits per heavy atom. The Hall–Kier alpha value is -2.97. The van der Waals surface area contributed by atoms with Crippen molar-refractivity contribution in [1.82, 2.24) is 4.90 Å². The van der Waals surface area contributed by atoms with Gasteiger partial charge in [-0.05, 0) is 60.2 Å². The molecule has 1 aliphatic rings. The summed E-state index contributed by atoms with van der Waals surface area (Å²) in [5.41, 5.74) is 6.72. The van der Waals surface area contributed by atoms with Crippen LogP contribution >= 0.6 is 23.4 Å². The van der Waals surface area contributed by atoms with E-state index in [1.54, 1.807) is 24.3 Å². The van der Waals surface area contributed by atoms with Gasteiger partial charge >= 0.3 is 0 Å². The van der Waals surface area contributed by atoms with Crippen molar-refractivity contribution in [2.75, 3.05) is 19.8 Å². The summed E-state index contributed by atoms with van der Waals surface area (Å²) in [7, 11) is 0. The summed E-state index contributed by atoms with van der Waals surface area (Å²) in [6.45, 7) is 2.02. The van der Waals surface area contributed by atoms with Gasteiger partial charge in [-0.25, -0.2) is 0 Å². The molecular formula is C21H19ClN2O5S. The number of benzene rings is 2. The third-order valence-corrected chi connectivity index (χ3v) is 5.27. The average molecular weight is 447 g/mol. The molecule has 0 unspecified atom stereocenters. The zero-order valence-electron chi connectivity index (χ0n) is 16.1. The number of hydrogen-bond acceptors (Lipinski definition) is 6. The second-order valence-electron chi connectivity index (χ2n) is 6.44. The number of nitrogens with zero attached hydrogens (tertiary/aromatic N) is 1. The van der Waals surface area contributed by atoms with Crippen LogP contribution in [-0.2, 0) is 9.59 Å². The van der Waals surface area contributed by atoms with Gasteiger partial charge in [0.1, 0.15) is 18.1 Å². The number of aryl methyl sites for hydroxylation is 1. The summed E-state index contributed by atoms with van der Waals surface area (Å²) in [6, 6.07) is 12.3. The van der Waals surface area contributed by atoms with E-state index in [0.717, 1.165) is 22.2 Å². The number of imide groups is 1. The molecule has 0 radical (unpaired) electrons. The topological polar surface area (TPSA) is 98.9 Å². The Morgan fingerprint density at radius 2 is 2.00 bits per heavy atom. The lowest BCUT2D eigenvalue weighted by atomic mass is 10.2. The Labute approximate surface area is 182 Å². The molecule has 0 aliphatic carbocycles. The number of primary amides is 1. The molecule has 7 nitrogen and oxygen atoms in total. The maximum Gasteiger partial charge on any atom is 0.293 e. The van der Waals surface area contributed by atoms with E-state index < -0.39 is 5.91 Å². The summed E-state index contributed by atoms with van der Waals surface area (Å²) in [5.74, 6) is -0.0157. The molecule has 1 heterocycles. The molecule has 1 saturated heterocycles. The number of nitrogens with two attached hydrogens (primary N) is 1. The van der Waals surface area contributed by atoms with E-state index in [1.807, 2.05) is 31.2 Å². The van der Waals surface area contributed by atoms with Crippen molar-refractivity contribution < 1.29 is 23.9 Å². The largest absolute Gasteiger partial charge is 0.492 e. The van der Waals surface area contributed by atoms with Crippen LogP contribution in [0.25, 0.3) is 6.08 Å². The van der Waals surface area contributed by atoms with Crippen LogP contribution in [-0.4, -0.2) is 41.7 Å². The molecule has 1 fully saturated rings. The van der Waals surface area contributed by atoms with Gasteiger partial charge in [0, 0.05) is 0 Å². The van der Waals surface area contributed by atoms with Crippen LogP contribution in [0.2, 0.25) is 5.02 Å². The van der Waals surface area contributed by atoms with E-state index in [-0.39, 0.29) is 40.8 Å². The third-order valence-electron chi connectivity index (χ3n) is 4.07. The zero-order chi connectivity index (χ0) is 21.7. The van der Waals surface area contributed by atoms with Gasteiger partial charge in [0.05, 0.1) is 16.5 Å². The van der Waals surface area contributed by atoms with E-state index in [1.165, 1.54) is 0 Å². The molecule has 0 saturated carbocycles. The van der Waals surface area contributed by atoms with Crippen LogP contribution in [0.3, 0.4) is 0 Å². The molecule has 2 N–H and O–H groups in total. The van der Waals surface area contributed by atoms with Gasteiger partial charge in [0.2, 0.25) is 0 Å². The van der Waals surface area contributed by atoms with E-state index in [2.05, 4.69) is 0 Å². The van der Waals surface area contributed by atoms with Crippen LogP contribution in [0.15, 0.2) is 47.4 Å². The highest BCUT2D eigenvalue weighted by atomic mass is 35.5. The number of carbonyl (C=O) groups excluding carboxylic acids is 3. The molecule has 2 aromatic rings. The van der Waals surface area contributed by atoms with E-state index in [9.17, 15) is 14.4 Å². The number of carbonyl (C=O) groups is 3. The second kappa shape index (κ2) is 9.69. The van der Waals surface area contributed by atoms with Gasteiger partial charge in [-0.2, -0.15) is 0 Å². The standard InChI is InChI=1S/C21H19ClN2O5S/c1-13-3-2-4-15(9-13)28-8-7-24-20(26)18(30-21(24)27)11-14-5-6-17(16(22)10-14)29-12-19(23)25/h2-6,9-11H,7-8,12H2,1H3,(H2,23,25)/b18-11-. The monoisotopic (exact) mass is 446 g/mol. The highest BCUT2D eigenvalue weighted by Crippen LogP contribution is 2.33. The quantitative estimate of drug-likeness (QED) is 0.621. The number of rotatable bonds is 8. The predicted molar refractivity (Wildman–Crippen MR) is 115 cm³/mol. The fourth-order valence-electron chi connectivity index (χ4n) is 2.68. The van der Waals surface area contributed by atoms with Gasteiger partial charge in [-0.1, -0.05) is 29.8 Å². The lowest BCUT2D eigenvalue weighted by Gasteiger charge is -2.13. The van der Waals surface area contributed by atoms with Crippen molar-refractivity contribution in [3.05, 3.63) is 63.5 Å². The van der Waals surface area contributed by atoms with E-state index >= 15 is 0 Å². The minimum absolute atomic E-state index is 0.149. The van der Waals surface area contributed by atoms with Crippen LogP contribution < -0.4 is 15.2 Å². The summed E-state index contributed by atoms with van der Waals surface area (Å²) in [5, 5.41) is -0.0950. The van der Waals surface area contributed by atoms with Crippen LogP contribution in [0.4, 0.5) is 4.79 Å². The lowest BCUT2D eigenvalue weighted by molar-refractivity contribution is -0.123. The van der Waals surface area contributed by atoms with Crippen molar-refractivity contribution in [3.8, 4) is 11.5 Å². The van der Waals surface area contributed by atoms with Crippen LogP contribution in [0, 0.1) is 6.92 Å². The summed E-state index contributed by atoms with van der Waals surface area (Å²) >= 11 is 6.99. The third kappa shape index (κ3) is 5.55. The number of ether oxygens (including phenoxy) is 2. The molecule has 3 amide bonds. The first-order valence-corrected chi connectivity index (χ1v) is 10.2. The van der Waals surface area contributed by atoms with Crippen LogP contribution in [0.5, 0.6) is 11.5 Å². The molecule has 0 spiro atoms. The molecule has 156 valence electrons. The Bertz CT molecular complexity index is 1020. The lowest BCUT2D eigenvalue weighted by Crippen LogP contribution is -2.32. The smallest absolute Gasteiger partial charge is 0.293 e. The summed E-state index contributed by atoms with van der Waals surface area (Å²) in [6.07, 6.45) is 1.58. The normalized spacial score (nSPS) is 15.0. The molecule has 0 bridgehead atoms. The highest BCUT2D eigenvalue weighted by molar-refractivity contribution is 8.18. The minimum atomic E-state index is -0.616. The maximum atomic E-state index is 12.6. The molecule has 2 aromatic carbocycles. The van der Waals surface area contributed by atoms with Gasteiger partial charge < -0.3 is 15.2 Å².